The molecule has 0 aliphatic heterocycles. The zero-order valence-electron chi connectivity index (χ0n) is 13.4. The molecule has 1 N–H and O–H groups in total. The fourth-order valence-corrected chi connectivity index (χ4v) is 3.55. The average molecular weight is 278 g/mol. The van der Waals surface area contributed by atoms with E-state index >= 15 is 0 Å². The van der Waals surface area contributed by atoms with Crippen molar-refractivity contribution in [2.75, 3.05) is 6.54 Å². The van der Waals surface area contributed by atoms with Crippen LogP contribution < -0.4 is 5.32 Å². The standard InChI is InChI=1S/C16H30N4/c1-4-11-20-15(18-13-19-20)12-14(17-5-2)16(3)9-7-6-8-10-16/h13-14,17H,4-12H2,1-3H3. The molecule has 1 saturated carbocycles. The number of nitrogens with zero attached hydrogens (tertiary/aromatic N) is 3. The van der Waals surface area contributed by atoms with Gasteiger partial charge in [0, 0.05) is 19.0 Å². The summed E-state index contributed by atoms with van der Waals surface area (Å²) in [6.07, 6.45) is 10.7. The predicted molar refractivity (Wildman–Crippen MR) is 82.7 cm³/mol. The SMILES string of the molecule is CCCn1ncnc1CC(NCC)C1(C)CCCCC1. The summed E-state index contributed by atoms with van der Waals surface area (Å²) in [5.74, 6) is 1.14. The highest BCUT2D eigenvalue weighted by Crippen LogP contribution is 2.39. The number of aromatic nitrogens is 3. The van der Waals surface area contributed by atoms with Gasteiger partial charge in [-0.1, -0.05) is 40.0 Å². The first-order valence-corrected chi connectivity index (χ1v) is 8.29. The quantitative estimate of drug-likeness (QED) is 0.833. The first-order chi connectivity index (χ1) is 9.69. The normalized spacial score (nSPS) is 19.9. The van der Waals surface area contributed by atoms with Crippen molar-refractivity contribution in [1.29, 1.82) is 0 Å². The molecule has 114 valence electrons. The molecule has 1 aliphatic rings. The third kappa shape index (κ3) is 3.60. The van der Waals surface area contributed by atoms with Crippen LogP contribution in [0.3, 0.4) is 0 Å². The van der Waals surface area contributed by atoms with Crippen molar-refractivity contribution >= 4 is 0 Å². The maximum absolute atomic E-state index is 4.49. The highest BCUT2D eigenvalue weighted by Gasteiger charge is 2.35. The van der Waals surface area contributed by atoms with Gasteiger partial charge in [-0.15, -0.1) is 0 Å². The van der Waals surface area contributed by atoms with Gasteiger partial charge >= 0.3 is 0 Å². The lowest BCUT2D eigenvalue weighted by molar-refractivity contribution is 0.142. The molecular weight excluding hydrogens is 248 g/mol. The molecule has 4 heteroatoms. The van der Waals surface area contributed by atoms with E-state index in [9.17, 15) is 0 Å². The molecule has 0 bridgehead atoms. The van der Waals surface area contributed by atoms with Crippen LogP contribution in [0.2, 0.25) is 0 Å². The van der Waals surface area contributed by atoms with Gasteiger partial charge in [-0.2, -0.15) is 5.10 Å². The third-order valence-electron chi connectivity index (χ3n) is 4.81. The summed E-state index contributed by atoms with van der Waals surface area (Å²) in [6.45, 7) is 8.86. The topological polar surface area (TPSA) is 42.7 Å². The maximum atomic E-state index is 4.49. The number of likely N-dealkylation sites (N-methyl/N-ethyl adjacent to an activating group) is 1. The fraction of sp³-hybridized carbons (Fsp3) is 0.875. The Bertz CT molecular complexity index is 393. The molecule has 1 aliphatic carbocycles. The van der Waals surface area contributed by atoms with Gasteiger partial charge < -0.3 is 5.32 Å². The Morgan fingerprint density at radius 2 is 2.05 bits per heavy atom. The van der Waals surface area contributed by atoms with Crippen molar-refractivity contribution in [3.8, 4) is 0 Å². The van der Waals surface area contributed by atoms with Crippen molar-refractivity contribution in [3.63, 3.8) is 0 Å². The largest absolute Gasteiger partial charge is 0.313 e. The van der Waals surface area contributed by atoms with E-state index in [1.165, 1.54) is 32.1 Å². The van der Waals surface area contributed by atoms with Crippen molar-refractivity contribution < 1.29 is 0 Å². The highest BCUT2D eigenvalue weighted by molar-refractivity contribution is 4.98. The Labute approximate surface area is 123 Å². The van der Waals surface area contributed by atoms with Gasteiger partial charge in [0.1, 0.15) is 12.2 Å². The van der Waals surface area contributed by atoms with Crippen LogP contribution in [0.15, 0.2) is 6.33 Å². The minimum Gasteiger partial charge on any atom is -0.313 e. The molecule has 0 spiro atoms. The lowest BCUT2D eigenvalue weighted by atomic mass is 9.69. The van der Waals surface area contributed by atoms with Gasteiger partial charge in [-0.3, -0.25) is 4.68 Å². The van der Waals surface area contributed by atoms with Crippen molar-refractivity contribution in [1.82, 2.24) is 20.1 Å². The monoisotopic (exact) mass is 278 g/mol. The summed E-state index contributed by atoms with van der Waals surface area (Å²) in [4.78, 5) is 4.49. The number of hydrogen-bond donors (Lipinski definition) is 1. The summed E-state index contributed by atoms with van der Waals surface area (Å²) < 4.78 is 2.08. The molecule has 1 unspecified atom stereocenters. The van der Waals surface area contributed by atoms with Crippen LogP contribution in [-0.4, -0.2) is 27.4 Å². The highest BCUT2D eigenvalue weighted by atomic mass is 15.3. The molecule has 0 aromatic carbocycles. The second-order valence-corrected chi connectivity index (χ2v) is 6.43. The molecule has 2 rings (SSSR count). The first-order valence-electron chi connectivity index (χ1n) is 8.29. The number of hydrogen-bond acceptors (Lipinski definition) is 3. The van der Waals surface area contributed by atoms with Crippen molar-refractivity contribution in [2.45, 2.75) is 78.3 Å². The molecule has 0 radical (unpaired) electrons. The van der Waals surface area contributed by atoms with Gasteiger partial charge in [-0.05, 0) is 31.2 Å². The van der Waals surface area contributed by atoms with Gasteiger partial charge in [-0.25, -0.2) is 4.98 Å². The molecule has 20 heavy (non-hydrogen) atoms. The van der Waals surface area contributed by atoms with Gasteiger partial charge in [0.05, 0.1) is 0 Å². The molecule has 1 heterocycles. The molecule has 1 aromatic rings. The van der Waals surface area contributed by atoms with Crippen molar-refractivity contribution in [2.24, 2.45) is 5.41 Å². The van der Waals surface area contributed by atoms with E-state index in [2.05, 4.69) is 40.9 Å². The van der Waals surface area contributed by atoms with Gasteiger partial charge in [0.2, 0.25) is 0 Å². The minimum absolute atomic E-state index is 0.414. The smallest absolute Gasteiger partial charge is 0.138 e. The minimum atomic E-state index is 0.414. The average Bonchev–Trinajstić information content (AvgIpc) is 2.87. The van der Waals surface area contributed by atoms with E-state index in [0.29, 0.717) is 11.5 Å². The van der Waals surface area contributed by atoms with E-state index in [0.717, 1.165) is 31.8 Å². The fourth-order valence-electron chi connectivity index (χ4n) is 3.55. The predicted octanol–water partition coefficient (Wildman–Crippen LogP) is 3.18. The molecule has 0 saturated heterocycles. The summed E-state index contributed by atoms with van der Waals surface area (Å²) in [6, 6.07) is 0.521. The molecular formula is C16H30N4. The lowest BCUT2D eigenvalue weighted by Crippen LogP contribution is -2.46. The Balaban J connectivity index is 2.10. The number of rotatable bonds is 7. The second-order valence-electron chi connectivity index (χ2n) is 6.43. The first kappa shape index (κ1) is 15.5. The van der Waals surface area contributed by atoms with Gasteiger partial charge in [0.25, 0.3) is 0 Å². The van der Waals surface area contributed by atoms with Gasteiger partial charge in [0.15, 0.2) is 0 Å². The lowest BCUT2D eigenvalue weighted by Gasteiger charge is -2.41. The molecule has 1 atom stereocenters. The third-order valence-corrected chi connectivity index (χ3v) is 4.81. The summed E-state index contributed by atoms with van der Waals surface area (Å²) >= 11 is 0. The van der Waals surface area contributed by atoms with Crippen LogP contribution >= 0.6 is 0 Å². The van der Waals surface area contributed by atoms with Crippen LogP contribution in [0, 0.1) is 5.41 Å². The number of aryl methyl sites for hydroxylation is 1. The van der Waals surface area contributed by atoms with Crippen LogP contribution in [0.5, 0.6) is 0 Å². The van der Waals surface area contributed by atoms with Crippen LogP contribution in [0.25, 0.3) is 0 Å². The summed E-state index contributed by atoms with van der Waals surface area (Å²) in [5.41, 5.74) is 0.414. The Morgan fingerprint density at radius 1 is 1.30 bits per heavy atom. The van der Waals surface area contributed by atoms with E-state index in [1.54, 1.807) is 6.33 Å². The molecule has 1 fully saturated rings. The molecule has 4 nitrogen and oxygen atoms in total. The summed E-state index contributed by atoms with van der Waals surface area (Å²) in [5, 5.41) is 8.08. The molecule has 1 aromatic heterocycles. The Hall–Kier alpha value is -0.900. The van der Waals surface area contributed by atoms with Crippen LogP contribution in [0.4, 0.5) is 0 Å². The van der Waals surface area contributed by atoms with Crippen LogP contribution in [-0.2, 0) is 13.0 Å². The van der Waals surface area contributed by atoms with E-state index in [-0.39, 0.29) is 0 Å². The van der Waals surface area contributed by atoms with E-state index in [4.69, 9.17) is 0 Å². The summed E-state index contributed by atoms with van der Waals surface area (Å²) in [7, 11) is 0. The Morgan fingerprint density at radius 3 is 2.70 bits per heavy atom. The Kier molecular flexibility index (Phi) is 5.58. The zero-order chi connectivity index (χ0) is 14.4. The zero-order valence-corrected chi connectivity index (χ0v) is 13.4. The molecule has 0 amide bonds. The number of nitrogens with one attached hydrogen (secondary N) is 1. The van der Waals surface area contributed by atoms with Crippen LogP contribution in [0.1, 0.15) is 65.1 Å². The van der Waals surface area contributed by atoms with E-state index in [1.807, 2.05) is 0 Å². The second kappa shape index (κ2) is 7.21. The van der Waals surface area contributed by atoms with Crippen molar-refractivity contribution in [3.05, 3.63) is 12.2 Å². The maximum Gasteiger partial charge on any atom is 0.138 e. The van der Waals surface area contributed by atoms with E-state index < -0.39 is 0 Å².